The van der Waals surface area contributed by atoms with Gasteiger partial charge in [-0.3, -0.25) is 0 Å². The average Bonchev–Trinajstić information content (AvgIpc) is 3.01. The number of ether oxygens (including phenoxy) is 3. The Hall–Kier alpha value is -4.47. The number of halogens is 1. The number of rotatable bonds is 10. The number of hydrogen-bond donors (Lipinski definition) is 0. The second-order valence-corrected chi connectivity index (χ2v) is 9.39. The zero-order chi connectivity index (χ0) is 26.9. The van der Waals surface area contributed by atoms with Gasteiger partial charge < -0.3 is 14.2 Å². The van der Waals surface area contributed by atoms with Crippen LogP contribution in [-0.2, 0) is 13.2 Å². The van der Waals surface area contributed by atoms with Crippen LogP contribution in [0.5, 0.6) is 17.2 Å². The quantitative estimate of drug-likeness (QED) is 0.168. The normalized spacial score (nSPS) is 10.5. The van der Waals surface area contributed by atoms with Gasteiger partial charge in [-0.2, -0.15) is 0 Å². The Labute approximate surface area is 234 Å². The van der Waals surface area contributed by atoms with E-state index in [0.29, 0.717) is 18.2 Å². The van der Waals surface area contributed by atoms with E-state index in [-0.39, 0.29) is 0 Å². The lowest BCUT2D eigenvalue weighted by molar-refractivity contribution is 0.306. The number of benzene rings is 5. The van der Waals surface area contributed by atoms with Gasteiger partial charge >= 0.3 is 0 Å². The number of methoxy groups -OCH3 is 1. The van der Waals surface area contributed by atoms with Crippen molar-refractivity contribution in [2.45, 2.75) is 13.2 Å². The van der Waals surface area contributed by atoms with Crippen molar-refractivity contribution in [3.8, 4) is 17.2 Å². The van der Waals surface area contributed by atoms with Gasteiger partial charge in [0.15, 0.2) is 0 Å². The Bertz CT molecular complexity index is 1400. The zero-order valence-electron chi connectivity index (χ0n) is 21.7. The molecule has 3 nitrogen and oxygen atoms in total. The smallest absolute Gasteiger partial charge is 0.119 e. The van der Waals surface area contributed by atoms with Crippen molar-refractivity contribution < 1.29 is 14.2 Å². The molecule has 0 saturated carbocycles. The standard InChI is InChI=1S/C35H29ClO3/c1-37-31-18-16-30(17-19-31)35(36)34(28-12-20-32(21-13-28)38-24-26-8-4-2-5-9-26)29-14-22-33(23-15-29)39-25-27-10-6-3-7-11-27/h2-23H,24-25H2,1H3. The van der Waals surface area contributed by atoms with Crippen LogP contribution in [0, 0.1) is 0 Å². The highest BCUT2D eigenvalue weighted by atomic mass is 35.5. The fourth-order valence-electron chi connectivity index (χ4n) is 4.22. The summed E-state index contributed by atoms with van der Waals surface area (Å²) >= 11 is 7.08. The minimum Gasteiger partial charge on any atom is -0.497 e. The molecule has 0 spiro atoms. The maximum atomic E-state index is 7.08. The summed E-state index contributed by atoms with van der Waals surface area (Å²) in [4.78, 5) is 0. The molecule has 5 aromatic carbocycles. The van der Waals surface area contributed by atoms with Gasteiger partial charge in [0.2, 0.25) is 0 Å². The van der Waals surface area contributed by atoms with Crippen molar-refractivity contribution in [3.63, 3.8) is 0 Å². The summed E-state index contributed by atoms with van der Waals surface area (Å²) in [5.41, 5.74) is 6.05. The molecule has 0 fully saturated rings. The van der Waals surface area contributed by atoms with Gasteiger partial charge in [-0.1, -0.05) is 96.5 Å². The number of hydrogen-bond acceptors (Lipinski definition) is 3. The van der Waals surface area contributed by atoms with E-state index in [0.717, 1.165) is 50.6 Å². The molecule has 5 aromatic rings. The molecule has 39 heavy (non-hydrogen) atoms. The minimum absolute atomic E-state index is 0.514. The van der Waals surface area contributed by atoms with Crippen LogP contribution in [0.15, 0.2) is 133 Å². The van der Waals surface area contributed by atoms with E-state index in [4.69, 9.17) is 25.8 Å². The van der Waals surface area contributed by atoms with Crippen LogP contribution in [0.2, 0.25) is 0 Å². The first-order valence-electron chi connectivity index (χ1n) is 12.8. The molecule has 0 atom stereocenters. The third-order valence-corrected chi connectivity index (χ3v) is 6.75. The molecule has 0 bridgehead atoms. The molecule has 0 N–H and O–H groups in total. The second-order valence-electron chi connectivity index (χ2n) is 9.01. The average molecular weight is 533 g/mol. The van der Waals surface area contributed by atoms with Gasteiger partial charge in [-0.15, -0.1) is 0 Å². The predicted molar refractivity (Wildman–Crippen MR) is 159 cm³/mol. The van der Waals surface area contributed by atoms with E-state index in [2.05, 4.69) is 24.3 Å². The van der Waals surface area contributed by atoms with Gasteiger partial charge in [-0.25, -0.2) is 0 Å². The fourth-order valence-corrected chi connectivity index (χ4v) is 4.56. The fraction of sp³-hybridized carbons (Fsp3) is 0.0857. The van der Waals surface area contributed by atoms with Crippen molar-refractivity contribution in [3.05, 3.63) is 161 Å². The van der Waals surface area contributed by atoms with E-state index < -0.39 is 0 Å². The molecule has 0 amide bonds. The maximum Gasteiger partial charge on any atom is 0.119 e. The van der Waals surface area contributed by atoms with Crippen molar-refractivity contribution in [2.75, 3.05) is 7.11 Å². The van der Waals surface area contributed by atoms with Gasteiger partial charge in [0.1, 0.15) is 30.5 Å². The van der Waals surface area contributed by atoms with E-state index in [1.54, 1.807) is 7.11 Å². The molecular weight excluding hydrogens is 504 g/mol. The highest BCUT2D eigenvalue weighted by molar-refractivity contribution is 6.53. The van der Waals surface area contributed by atoms with Gasteiger partial charge in [0.25, 0.3) is 0 Å². The SMILES string of the molecule is COc1ccc(C(Cl)=C(c2ccc(OCc3ccccc3)cc2)c2ccc(OCc3ccccc3)cc2)cc1. The van der Waals surface area contributed by atoms with Crippen molar-refractivity contribution in [2.24, 2.45) is 0 Å². The summed E-state index contributed by atoms with van der Waals surface area (Å²) < 4.78 is 17.3. The van der Waals surface area contributed by atoms with Crippen LogP contribution in [0.4, 0.5) is 0 Å². The van der Waals surface area contributed by atoms with Gasteiger partial charge in [0.05, 0.1) is 12.1 Å². The van der Waals surface area contributed by atoms with Crippen LogP contribution in [0.25, 0.3) is 10.6 Å². The first-order valence-corrected chi connectivity index (χ1v) is 13.2. The summed E-state index contributed by atoms with van der Waals surface area (Å²) in [6, 6.07) is 44.1. The summed E-state index contributed by atoms with van der Waals surface area (Å²) in [6.07, 6.45) is 0. The molecule has 5 rings (SSSR count). The summed E-state index contributed by atoms with van der Waals surface area (Å²) in [6.45, 7) is 1.03. The molecule has 4 heteroatoms. The minimum atomic E-state index is 0.514. The molecular formula is C35H29ClO3. The molecule has 194 valence electrons. The lowest BCUT2D eigenvalue weighted by atomic mass is 9.95. The van der Waals surface area contributed by atoms with E-state index in [1.807, 2.05) is 109 Å². The molecule has 0 aromatic heterocycles. The summed E-state index contributed by atoms with van der Waals surface area (Å²) in [5, 5.41) is 0.647. The Morgan fingerprint density at radius 1 is 0.487 bits per heavy atom. The highest BCUT2D eigenvalue weighted by Gasteiger charge is 2.14. The third-order valence-electron chi connectivity index (χ3n) is 6.35. The van der Waals surface area contributed by atoms with Crippen molar-refractivity contribution >= 4 is 22.2 Å². The van der Waals surface area contributed by atoms with Crippen molar-refractivity contribution in [1.29, 1.82) is 0 Å². The molecule has 0 unspecified atom stereocenters. The lowest BCUT2D eigenvalue weighted by Gasteiger charge is -2.15. The largest absolute Gasteiger partial charge is 0.497 e. The predicted octanol–water partition coefficient (Wildman–Crippen LogP) is 9.01. The highest BCUT2D eigenvalue weighted by Crippen LogP contribution is 2.36. The topological polar surface area (TPSA) is 27.7 Å². The van der Waals surface area contributed by atoms with Gasteiger partial charge in [0, 0.05) is 5.57 Å². The van der Waals surface area contributed by atoms with Crippen LogP contribution in [-0.4, -0.2) is 7.11 Å². The zero-order valence-corrected chi connectivity index (χ0v) is 22.5. The van der Waals surface area contributed by atoms with Crippen LogP contribution < -0.4 is 14.2 Å². The van der Waals surface area contributed by atoms with Crippen LogP contribution in [0.3, 0.4) is 0 Å². The maximum absolute atomic E-state index is 7.08. The summed E-state index contributed by atoms with van der Waals surface area (Å²) in [7, 11) is 1.65. The molecule has 0 saturated heterocycles. The molecule has 0 heterocycles. The van der Waals surface area contributed by atoms with E-state index >= 15 is 0 Å². The third kappa shape index (κ3) is 6.90. The van der Waals surface area contributed by atoms with Crippen LogP contribution in [0.1, 0.15) is 27.8 Å². The van der Waals surface area contributed by atoms with E-state index in [1.165, 1.54) is 0 Å². The van der Waals surface area contributed by atoms with Crippen molar-refractivity contribution in [1.82, 2.24) is 0 Å². The Morgan fingerprint density at radius 3 is 1.28 bits per heavy atom. The lowest BCUT2D eigenvalue weighted by Crippen LogP contribution is -1.97. The first-order chi connectivity index (χ1) is 19.2. The monoisotopic (exact) mass is 532 g/mol. The molecule has 0 aliphatic carbocycles. The van der Waals surface area contributed by atoms with E-state index in [9.17, 15) is 0 Å². The second kappa shape index (κ2) is 12.9. The Kier molecular flexibility index (Phi) is 8.62. The molecule has 0 radical (unpaired) electrons. The molecule has 0 aliphatic rings. The molecule has 0 aliphatic heterocycles. The summed E-state index contributed by atoms with van der Waals surface area (Å²) in [5.74, 6) is 2.38. The first kappa shape index (κ1) is 26.1. The Morgan fingerprint density at radius 2 is 0.872 bits per heavy atom. The van der Waals surface area contributed by atoms with Crippen LogP contribution >= 0.6 is 11.6 Å². The van der Waals surface area contributed by atoms with Gasteiger partial charge in [-0.05, 0) is 76.3 Å². The Balaban J connectivity index is 1.41.